The fourth-order valence-electron chi connectivity index (χ4n) is 2.42. The van der Waals surface area contributed by atoms with E-state index in [1.165, 1.54) is 0 Å². The van der Waals surface area contributed by atoms with Crippen LogP contribution < -0.4 is 4.72 Å². The molecule has 2 aromatic rings. The lowest BCUT2D eigenvalue weighted by atomic mass is 10.2. The zero-order chi connectivity index (χ0) is 20.6. The smallest absolute Gasteiger partial charge is 0.240 e. The van der Waals surface area contributed by atoms with Crippen LogP contribution in [0.25, 0.3) is 0 Å². The van der Waals surface area contributed by atoms with E-state index in [1.54, 1.807) is 36.4 Å². The van der Waals surface area contributed by atoms with E-state index in [4.69, 9.17) is 0 Å². The highest BCUT2D eigenvalue weighted by Gasteiger charge is 2.12. The summed E-state index contributed by atoms with van der Waals surface area (Å²) < 4.78 is 40.1. The summed E-state index contributed by atoms with van der Waals surface area (Å²) >= 11 is 0. The van der Waals surface area contributed by atoms with Gasteiger partial charge in [-0.2, -0.15) is 0 Å². The first-order valence-corrected chi connectivity index (χ1v) is 11.9. The van der Waals surface area contributed by atoms with E-state index < -0.39 is 20.8 Å². The number of sulfonamides is 1. The molecular weight excluding hydrogens is 390 g/mol. The molecule has 0 saturated carbocycles. The van der Waals surface area contributed by atoms with Gasteiger partial charge in [0.05, 0.1) is 15.7 Å². The minimum atomic E-state index is -3.57. The predicted molar refractivity (Wildman–Crippen MR) is 116 cm³/mol. The number of hydrogen-bond donors (Lipinski definition) is 1. The number of hydrogen-bond acceptors (Lipinski definition) is 3. The van der Waals surface area contributed by atoms with Crippen molar-refractivity contribution in [3.05, 3.63) is 82.8 Å². The lowest BCUT2D eigenvalue weighted by Gasteiger charge is -2.06. The van der Waals surface area contributed by atoms with Gasteiger partial charge in [0, 0.05) is 16.3 Å². The van der Waals surface area contributed by atoms with E-state index in [0.717, 1.165) is 28.9 Å². The number of nitrogens with one attached hydrogen (secondary N) is 1. The maximum atomic E-state index is 12.9. The van der Waals surface area contributed by atoms with Gasteiger partial charge in [-0.15, -0.1) is 0 Å². The van der Waals surface area contributed by atoms with Crippen molar-refractivity contribution in [2.75, 3.05) is 6.54 Å². The van der Waals surface area contributed by atoms with Crippen molar-refractivity contribution in [3.8, 4) is 0 Å². The number of allylic oxidation sites excluding steroid dienone is 2. The van der Waals surface area contributed by atoms with Crippen LogP contribution in [0.15, 0.2) is 81.5 Å². The lowest BCUT2D eigenvalue weighted by Crippen LogP contribution is -2.23. The molecule has 1 N–H and O–H groups in total. The highest BCUT2D eigenvalue weighted by molar-refractivity contribution is 7.89. The Hall–Kier alpha value is -2.02. The summed E-state index contributed by atoms with van der Waals surface area (Å²) in [5.41, 5.74) is 2.11. The summed E-state index contributed by atoms with van der Waals surface area (Å²) in [4.78, 5) is 1.65. The maximum Gasteiger partial charge on any atom is 0.240 e. The molecule has 28 heavy (non-hydrogen) atoms. The highest BCUT2D eigenvalue weighted by atomic mass is 32.2. The summed E-state index contributed by atoms with van der Waals surface area (Å²) in [7, 11) is -4.86. The third kappa shape index (κ3) is 6.55. The van der Waals surface area contributed by atoms with E-state index in [-0.39, 0.29) is 11.4 Å². The van der Waals surface area contributed by atoms with Crippen LogP contribution in [0.4, 0.5) is 0 Å². The number of aryl methyl sites for hydroxylation is 2. The quantitative estimate of drug-likeness (QED) is 0.605. The van der Waals surface area contributed by atoms with Gasteiger partial charge in [0.25, 0.3) is 0 Å². The largest absolute Gasteiger partial charge is 0.249 e. The number of unbranched alkanes of at least 4 members (excludes halogenated alkanes) is 1. The molecule has 0 fully saturated rings. The normalized spacial score (nSPS) is 13.8. The fraction of sp³-hybridized carbons (Fsp3) is 0.273. The van der Waals surface area contributed by atoms with Crippen molar-refractivity contribution < 1.29 is 12.6 Å². The van der Waals surface area contributed by atoms with Crippen LogP contribution in [0.3, 0.4) is 0 Å². The van der Waals surface area contributed by atoms with Crippen LogP contribution in [-0.4, -0.2) is 19.2 Å². The average Bonchev–Trinajstić information content (AvgIpc) is 2.68. The molecule has 0 aliphatic heterocycles. The zero-order valence-corrected chi connectivity index (χ0v) is 18.1. The molecule has 0 amide bonds. The molecule has 0 aliphatic rings. The van der Waals surface area contributed by atoms with Crippen LogP contribution in [0, 0.1) is 13.8 Å². The van der Waals surface area contributed by atoms with Gasteiger partial charge in [0.1, 0.15) is 0 Å². The first-order valence-electron chi connectivity index (χ1n) is 9.25. The molecule has 6 heteroatoms. The van der Waals surface area contributed by atoms with Crippen LogP contribution in [0.1, 0.15) is 30.9 Å². The van der Waals surface area contributed by atoms with Crippen molar-refractivity contribution in [2.24, 2.45) is 0 Å². The molecule has 0 saturated heterocycles. The molecule has 2 rings (SSSR count). The average molecular weight is 418 g/mol. The van der Waals surface area contributed by atoms with E-state index >= 15 is 0 Å². The summed E-state index contributed by atoms with van der Waals surface area (Å²) in [6, 6.07) is 14.3. The zero-order valence-electron chi connectivity index (χ0n) is 16.5. The summed E-state index contributed by atoms with van der Waals surface area (Å²) in [6.45, 7) is 6.08. The molecule has 0 aromatic heterocycles. The Balaban J connectivity index is 2.08. The molecule has 1 atom stereocenters. The van der Waals surface area contributed by atoms with Gasteiger partial charge in [0.15, 0.2) is 0 Å². The summed E-state index contributed by atoms with van der Waals surface area (Å²) in [5.74, 6) is 0. The van der Waals surface area contributed by atoms with Crippen LogP contribution in [0.2, 0.25) is 0 Å². The monoisotopic (exact) mass is 417 g/mol. The third-order valence-electron chi connectivity index (χ3n) is 4.09. The molecule has 0 radical (unpaired) electrons. The third-order valence-corrected chi connectivity index (χ3v) is 6.96. The van der Waals surface area contributed by atoms with E-state index in [9.17, 15) is 12.6 Å². The topological polar surface area (TPSA) is 63.2 Å². The summed E-state index contributed by atoms with van der Waals surface area (Å²) in [6.07, 6.45) is 7.14. The predicted octanol–water partition coefficient (Wildman–Crippen LogP) is 4.63. The van der Waals surface area contributed by atoms with Gasteiger partial charge < -0.3 is 0 Å². The Morgan fingerprint density at radius 1 is 1.00 bits per heavy atom. The number of benzene rings is 2. The lowest BCUT2D eigenvalue weighted by molar-refractivity contribution is 0.585. The molecule has 150 valence electrons. The van der Waals surface area contributed by atoms with Gasteiger partial charge >= 0.3 is 0 Å². The molecule has 4 nitrogen and oxygen atoms in total. The molecule has 0 bridgehead atoms. The molecular formula is C22H27NO3S2. The van der Waals surface area contributed by atoms with Gasteiger partial charge in [0.2, 0.25) is 10.0 Å². The van der Waals surface area contributed by atoms with Crippen molar-refractivity contribution >= 4 is 20.8 Å². The summed E-state index contributed by atoms with van der Waals surface area (Å²) in [5, 5.41) is 0. The second kappa shape index (κ2) is 10.5. The molecule has 0 heterocycles. The second-order valence-corrected chi connectivity index (χ2v) is 9.79. The first-order chi connectivity index (χ1) is 13.3. The number of rotatable bonds is 9. The van der Waals surface area contributed by atoms with Gasteiger partial charge in [-0.05, 0) is 50.6 Å². The Kier molecular flexibility index (Phi) is 8.35. The van der Waals surface area contributed by atoms with Gasteiger partial charge in [-0.1, -0.05) is 60.9 Å². The Morgan fingerprint density at radius 2 is 1.57 bits per heavy atom. The van der Waals surface area contributed by atoms with Crippen molar-refractivity contribution in [1.29, 1.82) is 0 Å². The Labute approximate surface area is 170 Å². The SMILES string of the molecule is CCC/C=C(/C=C\CNS(=O)(=O)c1ccc(C)cc1)[S@@](=O)c1ccc(C)cc1. The molecule has 0 aliphatic carbocycles. The fourth-order valence-corrected chi connectivity index (χ4v) is 4.54. The van der Waals surface area contributed by atoms with E-state index in [0.29, 0.717) is 4.91 Å². The second-order valence-electron chi connectivity index (χ2n) is 6.54. The standard InChI is InChI=1S/C22H27NO3S2/c1-4-5-7-20(27(24)21-13-9-18(2)10-14-21)8-6-17-23-28(25,26)22-15-11-19(3)12-16-22/h6-16,23H,4-5,17H2,1-3H3/b8-6-,20-7-/t27-/m1/s1. The Bertz CT molecular complexity index is 958. The molecule has 2 aromatic carbocycles. The van der Waals surface area contributed by atoms with Crippen molar-refractivity contribution in [1.82, 2.24) is 4.72 Å². The highest BCUT2D eigenvalue weighted by Crippen LogP contribution is 2.17. The minimum Gasteiger partial charge on any atom is -0.249 e. The van der Waals surface area contributed by atoms with E-state index in [1.807, 2.05) is 44.2 Å². The molecule has 0 spiro atoms. The van der Waals surface area contributed by atoms with Gasteiger partial charge in [-0.3, -0.25) is 0 Å². The first kappa shape index (κ1) is 22.3. The van der Waals surface area contributed by atoms with Crippen LogP contribution in [-0.2, 0) is 20.8 Å². The van der Waals surface area contributed by atoms with Gasteiger partial charge in [-0.25, -0.2) is 17.3 Å². The van der Waals surface area contributed by atoms with E-state index in [2.05, 4.69) is 11.6 Å². The van der Waals surface area contributed by atoms with Crippen molar-refractivity contribution in [2.45, 2.75) is 43.4 Å². The maximum absolute atomic E-state index is 12.9. The Morgan fingerprint density at radius 3 is 2.14 bits per heavy atom. The minimum absolute atomic E-state index is 0.130. The van der Waals surface area contributed by atoms with Crippen LogP contribution >= 0.6 is 0 Å². The van der Waals surface area contributed by atoms with Crippen molar-refractivity contribution in [3.63, 3.8) is 0 Å². The van der Waals surface area contributed by atoms with Crippen LogP contribution in [0.5, 0.6) is 0 Å². The molecule has 0 unspecified atom stereocenters.